The van der Waals surface area contributed by atoms with Crippen LogP contribution < -0.4 is 4.74 Å². The van der Waals surface area contributed by atoms with Crippen molar-refractivity contribution < 1.29 is 9.47 Å². The van der Waals surface area contributed by atoms with E-state index in [2.05, 4.69) is 31.7 Å². The SMILES string of the molecule is CCCCCN1CC[C@@H](CCOc2ccc(Cl)c(Cl)c2)[C@H](OCC=C(C)C)C1. The van der Waals surface area contributed by atoms with Gasteiger partial charge in [-0.05, 0) is 64.3 Å². The van der Waals surface area contributed by atoms with Gasteiger partial charge in [0.15, 0.2) is 0 Å². The van der Waals surface area contributed by atoms with E-state index in [-0.39, 0.29) is 6.10 Å². The molecule has 1 saturated heterocycles. The number of unbranched alkanes of at least 4 members (excludes halogenated alkanes) is 2. The van der Waals surface area contributed by atoms with E-state index in [0.717, 1.165) is 31.7 Å². The molecule has 3 nitrogen and oxygen atoms in total. The molecular weight excluding hydrogens is 393 g/mol. The number of allylic oxidation sites excluding steroid dienone is 1. The Morgan fingerprint density at radius 2 is 2.04 bits per heavy atom. The molecule has 0 N–H and O–H groups in total. The maximum absolute atomic E-state index is 6.27. The Morgan fingerprint density at radius 3 is 2.75 bits per heavy atom. The summed E-state index contributed by atoms with van der Waals surface area (Å²) in [4.78, 5) is 2.57. The summed E-state index contributed by atoms with van der Waals surface area (Å²) < 4.78 is 12.2. The molecule has 0 aliphatic carbocycles. The fourth-order valence-corrected chi connectivity index (χ4v) is 3.86. The van der Waals surface area contributed by atoms with Crippen molar-refractivity contribution in [2.45, 2.75) is 59.0 Å². The van der Waals surface area contributed by atoms with E-state index in [1.165, 1.54) is 31.4 Å². The summed E-state index contributed by atoms with van der Waals surface area (Å²) in [5.74, 6) is 1.30. The molecule has 0 aromatic heterocycles. The van der Waals surface area contributed by atoms with Crippen LogP contribution in [0.1, 0.15) is 52.9 Å². The minimum atomic E-state index is 0.267. The highest BCUT2D eigenvalue weighted by molar-refractivity contribution is 6.42. The van der Waals surface area contributed by atoms with Gasteiger partial charge < -0.3 is 14.4 Å². The third-order valence-corrected chi connectivity index (χ3v) is 6.05. The summed E-state index contributed by atoms with van der Waals surface area (Å²) in [6.07, 6.45) is 8.44. The van der Waals surface area contributed by atoms with Crippen LogP contribution >= 0.6 is 23.2 Å². The van der Waals surface area contributed by atoms with Crippen molar-refractivity contribution in [1.29, 1.82) is 0 Å². The van der Waals surface area contributed by atoms with Gasteiger partial charge in [-0.1, -0.05) is 54.6 Å². The lowest BCUT2D eigenvalue weighted by Gasteiger charge is -2.38. The summed E-state index contributed by atoms with van der Waals surface area (Å²) >= 11 is 12.0. The lowest BCUT2D eigenvalue weighted by Crippen LogP contribution is -2.46. The molecular formula is C23H35Cl2NO2. The monoisotopic (exact) mass is 427 g/mol. The second-order valence-corrected chi connectivity index (χ2v) is 8.74. The van der Waals surface area contributed by atoms with Crippen molar-refractivity contribution in [2.75, 3.05) is 32.8 Å². The van der Waals surface area contributed by atoms with E-state index in [4.69, 9.17) is 32.7 Å². The van der Waals surface area contributed by atoms with Gasteiger partial charge in [0.25, 0.3) is 0 Å². The predicted octanol–water partition coefficient (Wildman–Crippen LogP) is 6.63. The van der Waals surface area contributed by atoms with E-state index in [0.29, 0.717) is 29.2 Å². The second kappa shape index (κ2) is 12.7. The van der Waals surface area contributed by atoms with Gasteiger partial charge in [0.05, 0.1) is 29.4 Å². The molecule has 1 aliphatic heterocycles. The molecule has 1 aromatic carbocycles. The van der Waals surface area contributed by atoms with E-state index >= 15 is 0 Å². The number of rotatable bonds is 11. The number of benzene rings is 1. The van der Waals surface area contributed by atoms with Gasteiger partial charge in [0.2, 0.25) is 0 Å². The van der Waals surface area contributed by atoms with E-state index in [1.54, 1.807) is 12.1 Å². The minimum absolute atomic E-state index is 0.267. The first-order valence-electron chi connectivity index (χ1n) is 10.5. The largest absolute Gasteiger partial charge is 0.494 e. The van der Waals surface area contributed by atoms with Crippen molar-refractivity contribution in [2.24, 2.45) is 5.92 Å². The average Bonchev–Trinajstić information content (AvgIpc) is 2.66. The molecule has 1 aliphatic rings. The highest BCUT2D eigenvalue weighted by atomic mass is 35.5. The van der Waals surface area contributed by atoms with Gasteiger partial charge in [-0.25, -0.2) is 0 Å². The topological polar surface area (TPSA) is 21.7 Å². The number of piperidine rings is 1. The third-order valence-electron chi connectivity index (χ3n) is 5.31. The second-order valence-electron chi connectivity index (χ2n) is 7.92. The van der Waals surface area contributed by atoms with E-state index in [9.17, 15) is 0 Å². The van der Waals surface area contributed by atoms with Gasteiger partial charge in [0.1, 0.15) is 5.75 Å². The van der Waals surface area contributed by atoms with Crippen molar-refractivity contribution in [3.63, 3.8) is 0 Å². The van der Waals surface area contributed by atoms with Crippen LogP contribution in [0.3, 0.4) is 0 Å². The smallest absolute Gasteiger partial charge is 0.120 e. The summed E-state index contributed by atoms with van der Waals surface area (Å²) in [5, 5.41) is 1.08. The van der Waals surface area contributed by atoms with Crippen molar-refractivity contribution in [1.82, 2.24) is 4.90 Å². The number of nitrogens with zero attached hydrogens (tertiary/aromatic N) is 1. The van der Waals surface area contributed by atoms with Gasteiger partial charge in [-0.2, -0.15) is 0 Å². The molecule has 1 fully saturated rings. The number of halogens is 2. The highest BCUT2D eigenvalue weighted by Crippen LogP contribution is 2.28. The zero-order valence-electron chi connectivity index (χ0n) is 17.6. The fourth-order valence-electron chi connectivity index (χ4n) is 3.57. The Hall–Kier alpha value is -0.740. The number of hydrogen-bond donors (Lipinski definition) is 0. The summed E-state index contributed by atoms with van der Waals surface area (Å²) in [6, 6.07) is 5.43. The Morgan fingerprint density at radius 1 is 1.21 bits per heavy atom. The summed E-state index contributed by atoms with van der Waals surface area (Å²) in [5.41, 5.74) is 1.30. The molecule has 0 unspecified atom stereocenters. The number of ether oxygens (including phenoxy) is 2. The Labute approximate surface area is 181 Å². The van der Waals surface area contributed by atoms with E-state index < -0.39 is 0 Å². The Kier molecular flexibility index (Phi) is 10.7. The molecule has 2 atom stereocenters. The minimum Gasteiger partial charge on any atom is -0.494 e. The zero-order valence-corrected chi connectivity index (χ0v) is 19.1. The third kappa shape index (κ3) is 8.32. The van der Waals surface area contributed by atoms with Crippen LogP contribution in [0.5, 0.6) is 5.75 Å². The first-order chi connectivity index (χ1) is 13.5. The van der Waals surface area contributed by atoms with Crippen LogP contribution in [-0.4, -0.2) is 43.9 Å². The molecule has 5 heteroatoms. The highest BCUT2D eigenvalue weighted by Gasteiger charge is 2.29. The number of hydrogen-bond acceptors (Lipinski definition) is 3. The Balaban J connectivity index is 1.85. The van der Waals surface area contributed by atoms with Crippen LogP contribution in [0.25, 0.3) is 0 Å². The first kappa shape index (κ1) is 23.5. The molecule has 1 heterocycles. The zero-order chi connectivity index (χ0) is 20.4. The molecule has 2 rings (SSSR count). The van der Waals surface area contributed by atoms with Gasteiger partial charge in [-0.3, -0.25) is 0 Å². The normalized spacial score (nSPS) is 20.2. The molecule has 1 aromatic rings. The molecule has 0 amide bonds. The first-order valence-corrected chi connectivity index (χ1v) is 11.3. The van der Waals surface area contributed by atoms with Gasteiger partial charge >= 0.3 is 0 Å². The fraction of sp³-hybridized carbons (Fsp3) is 0.652. The predicted molar refractivity (Wildman–Crippen MR) is 120 cm³/mol. The maximum atomic E-state index is 6.27. The molecule has 28 heavy (non-hydrogen) atoms. The van der Waals surface area contributed by atoms with Crippen LogP contribution in [0, 0.1) is 5.92 Å². The summed E-state index contributed by atoms with van der Waals surface area (Å²) in [6.45, 7) is 11.2. The molecule has 0 radical (unpaired) electrons. The lowest BCUT2D eigenvalue weighted by molar-refractivity contribution is -0.0326. The maximum Gasteiger partial charge on any atom is 0.120 e. The molecule has 0 bridgehead atoms. The molecule has 0 saturated carbocycles. The molecule has 158 valence electrons. The summed E-state index contributed by atoms with van der Waals surface area (Å²) in [7, 11) is 0. The van der Waals surface area contributed by atoms with Gasteiger partial charge in [-0.15, -0.1) is 0 Å². The van der Waals surface area contributed by atoms with Crippen LogP contribution in [0.2, 0.25) is 10.0 Å². The van der Waals surface area contributed by atoms with Crippen molar-refractivity contribution in [3.8, 4) is 5.75 Å². The number of likely N-dealkylation sites (tertiary alicyclic amines) is 1. The Bertz CT molecular complexity index is 617. The quantitative estimate of drug-likeness (QED) is 0.292. The van der Waals surface area contributed by atoms with E-state index in [1.807, 2.05) is 6.07 Å². The standard InChI is InChI=1S/C23H35Cl2NO2/c1-4-5-6-12-26-13-9-19(23(17-26)28-14-10-18(2)3)11-15-27-20-7-8-21(24)22(25)16-20/h7-8,10,16,19,23H,4-6,9,11-15,17H2,1-3H3/t19-,23+/m0/s1. The van der Waals surface area contributed by atoms with Crippen LogP contribution in [0.4, 0.5) is 0 Å². The molecule has 0 spiro atoms. The lowest BCUT2D eigenvalue weighted by atomic mass is 9.90. The van der Waals surface area contributed by atoms with Gasteiger partial charge in [0, 0.05) is 12.6 Å². The average molecular weight is 428 g/mol. The van der Waals surface area contributed by atoms with Crippen molar-refractivity contribution in [3.05, 3.63) is 39.9 Å². The van der Waals surface area contributed by atoms with Crippen molar-refractivity contribution >= 4 is 23.2 Å². The van der Waals surface area contributed by atoms with Crippen LogP contribution in [0.15, 0.2) is 29.8 Å². The van der Waals surface area contributed by atoms with Crippen LogP contribution in [-0.2, 0) is 4.74 Å².